The van der Waals surface area contributed by atoms with Crippen LogP contribution in [0.15, 0.2) is 0 Å². The number of carbonyl (C=O) groups excluding carboxylic acids is 1. The molecule has 0 aromatic heterocycles. The Bertz CT molecular complexity index is 569. The van der Waals surface area contributed by atoms with Gasteiger partial charge in [0.25, 0.3) is 0 Å². The average Bonchev–Trinajstić information content (AvgIpc) is 3.16. The number of fused-ring (bicyclic) bond motifs is 1. The molecule has 5 nitrogen and oxygen atoms in total. The number of aliphatic hydroxyl groups excluding tert-OH is 2. The van der Waals surface area contributed by atoms with Crippen LogP contribution in [0.4, 0.5) is 0 Å². The standard InChI is InChI=1S/C23H38BrNO4/c1-14-19(26)10-20(27)21(22(14)29-13-15-6-3-2-4-7-15)23(28)25-11-16-8-5-9-18(24)17(16)12-25/h14-22,26-27H,2-13H2,1H3. The van der Waals surface area contributed by atoms with E-state index >= 15 is 0 Å². The van der Waals surface area contributed by atoms with Crippen molar-refractivity contribution in [1.29, 1.82) is 0 Å². The van der Waals surface area contributed by atoms with E-state index in [1.54, 1.807) is 0 Å². The summed E-state index contributed by atoms with van der Waals surface area (Å²) >= 11 is 3.83. The molecule has 29 heavy (non-hydrogen) atoms. The first-order chi connectivity index (χ1) is 14.0. The monoisotopic (exact) mass is 471 g/mol. The van der Waals surface area contributed by atoms with Crippen molar-refractivity contribution >= 4 is 21.8 Å². The fraction of sp³-hybridized carbons (Fsp3) is 0.957. The fourth-order valence-corrected chi connectivity index (χ4v) is 7.25. The molecule has 166 valence electrons. The highest BCUT2D eigenvalue weighted by Gasteiger charge is 2.50. The van der Waals surface area contributed by atoms with Gasteiger partial charge in [0, 0.05) is 36.9 Å². The Morgan fingerprint density at radius 1 is 1.03 bits per heavy atom. The van der Waals surface area contributed by atoms with E-state index in [0.717, 1.165) is 13.1 Å². The number of aliphatic hydroxyl groups is 2. The fourth-order valence-electron chi connectivity index (χ4n) is 6.33. The Hall–Kier alpha value is -0.170. The predicted molar refractivity (Wildman–Crippen MR) is 116 cm³/mol. The number of halogens is 1. The molecule has 0 radical (unpaired) electrons. The average molecular weight is 472 g/mol. The van der Waals surface area contributed by atoms with E-state index in [1.165, 1.54) is 51.4 Å². The van der Waals surface area contributed by atoms with Gasteiger partial charge < -0.3 is 19.8 Å². The van der Waals surface area contributed by atoms with Crippen LogP contribution in [0.1, 0.15) is 64.7 Å². The Morgan fingerprint density at radius 3 is 2.52 bits per heavy atom. The molecule has 1 aliphatic heterocycles. The van der Waals surface area contributed by atoms with Gasteiger partial charge in [-0.25, -0.2) is 0 Å². The highest BCUT2D eigenvalue weighted by Crippen LogP contribution is 2.42. The van der Waals surface area contributed by atoms with Crippen LogP contribution < -0.4 is 0 Å². The SMILES string of the molecule is CC1C(O)CC(O)C(C(=O)N2CC3CCCC(Br)C3C2)C1OCC1CCCCC1. The van der Waals surface area contributed by atoms with Gasteiger partial charge in [-0.2, -0.15) is 0 Å². The van der Waals surface area contributed by atoms with E-state index in [-0.39, 0.29) is 18.2 Å². The molecule has 1 saturated heterocycles. The second-order valence-electron chi connectivity index (χ2n) is 10.2. The number of alkyl halides is 1. The molecule has 4 aliphatic rings. The highest BCUT2D eigenvalue weighted by molar-refractivity contribution is 9.09. The van der Waals surface area contributed by atoms with Crippen LogP contribution in [0.3, 0.4) is 0 Å². The summed E-state index contributed by atoms with van der Waals surface area (Å²) < 4.78 is 6.33. The van der Waals surface area contributed by atoms with Gasteiger partial charge in [-0.15, -0.1) is 0 Å². The summed E-state index contributed by atoms with van der Waals surface area (Å²) in [7, 11) is 0. The van der Waals surface area contributed by atoms with Crippen molar-refractivity contribution in [3.05, 3.63) is 0 Å². The molecule has 0 spiro atoms. The smallest absolute Gasteiger partial charge is 0.230 e. The van der Waals surface area contributed by atoms with Crippen LogP contribution in [0.5, 0.6) is 0 Å². The maximum absolute atomic E-state index is 13.6. The third-order valence-electron chi connectivity index (χ3n) is 8.23. The van der Waals surface area contributed by atoms with Gasteiger partial charge in [0.15, 0.2) is 0 Å². The lowest BCUT2D eigenvalue weighted by Gasteiger charge is -2.43. The van der Waals surface area contributed by atoms with E-state index in [9.17, 15) is 15.0 Å². The zero-order valence-electron chi connectivity index (χ0n) is 17.7. The molecule has 0 aromatic carbocycles. The van der Waals surface area contributed by atoms with Crippen LogP contribution in [-0.4, -0.2) is 63.9 Å². The number of amides is 1. The second kappa shape index (κ2) is 9.54. The highest BCUT2D eigenvalue weighted by atomic mass is 79.9. The molecule has 0 aromatic rings. The van der Waals surface area contributed by atoms with Crippen LogP contribution in [0.25, 0.3) is 0 Å². The summed E-state index contributed by atoms with van der Waals surface area (Å²) in [5, 5.41) is 21.3. The van der Waals surface area contributed by atoms with E-state index in [1.807, 2.05) is 11.8 Å². The molecule has 0 bridgehead atoms. The molecule has 3 saturated carbocycles. The number of ether oxygens (including phenoxy) is 1. The topological polar surface area (TPSA) is 70.0 Å². The Labute approximate surface area is 183 Å². The molecule has 3 aliphatic carbocycles. The number of rotatable bonds is 4. The van der Waals surface area contributed by atoms with Crippen molar-refractivity contribution in [2.24, 2.45) is 29.6 Å². The number of hydrogen-bond acceptors (Lipinski definition) is 4. The molecule has 2 N–H and O–H groups in total. The van der Waals surface area contributed by atoms with Gasteiger partial charge in [0.05, 0.1) is 24.2 Å². The van der Waals surface area contributed by atoms with Gasteiger partial charge in [0.2, 0.25) is 5.91 Å². The molecule has 8 atom stereocenters. The molecular formula is C23H38BrNO4. The van der Waals surface area contributed by atoms with E-state index in [0.29, 0.717) is 29.2 Å². The van der Waals surface area contributed by atoms with Crippen molar-refractivity contribution in [1.82, 2.24) is 4.90 Å². The third kappa shape index (κ3) is 4.70. The Morgan fingerprint density at radius 2 is 1.79 bits per heavy atom. The summed E-state index contributed by atoms with van der Waals surface area (Å²) in [6.07, 6.45) is 8.23. The summed E-state index contributed by atoms with van der Waals surface area (Å²) in [5.74, 6) is 1.00. The third-order valence-corrected chi connectivity index (χ3v) is 9.37. The molecule has 8 unspecified atom stereocenters. The van der Waals surface area contributed by atoms with Crippen LogP contribution in [0.2, 0.25) is 0 Å². The quantitative estimate of drug-likeness (QED) is 0.616. The molecule has 4 rings (SSSR count). The molecule has 1 heterocycles. The maximum Gasteiger partial charge on any atom is 0.230 e. The summed E-state index contributed by atoms with van der Waals surface area (Å²) in [5.41, 5.74) is 0. The number of likely N-dealkylation sites (tertiary alicyclic amines) is 1. The van der Waals surface area contributed by atoms with Crippen LogP contribution in [-0.2, 0) is 9.53 Å². The second-order valence-corrected chi connectivity index (χ2v) is 11.3. The van der Waals surface area contributed by atoms with Crippen LogP contribution in [0, 0.1) is 29.6 Å². The lowest BCUT2D eigenvalue weighted by Crippen LogP contribution is -2.56. The summed E-state index contributed by atoms with van der Waals surface area (Å²) in [6, 6.07) is 0. The van der Waals surface area contributed by atoms with Crippen molar-refractivity contribution in [3.63, 3.8) is 0 Å². The first-order valence-electron chi connectivity index (χ1n) is 11.9. The first-order valence-corrected chi connectivity index (χ1v) is 12.8. The van der Waals surface area contributed by atoms with Crippen molar-refractivity contribution < 1.29 is 19.7 Å². The van der Waals surface area contributed by atoms with Gasteiger partial charge in [-0.3, -0.25) is 4.79 Å². The van der Waals surface area contributed by atoms with Gasteiger partial charge in [-0.05, 0) is 43.4 Å². The Balaban J connectivity index is 1.45. The van der Waals surface area contributed by atoms with Crippen molar-refractivity contribution in [3.8, 4) is 0 Å². The van der Waals surface area contributed by atoms with Gasteiger partial charge in [-0.1, -0.05) is 48.5 Å². The van der Waals surface area contributed by atoms with E-state index in [2.05, 4.69) is 15.9 Å². The summed E-state index contributed by atoms with van der Waals surface area (Å²) in [4.78, 5) is 16.0. The zero-order chi connectivity index (χ0) is 20.5. The van der Waals surface area contributed by atoms with Crippen molar-refractivity contribution in [2.45, 2.75) is 87.9 Å². The lowest BCUT2D eigenvalue weighted by atomic mass is 9.75. The normalized spacial score (nSPS) is 43.9. The van der Waals surface area contributed by atoms with E-state index in [4.69, 9.17) is 4.74 Å². The predicted octanol–water partition coefficient (Wildman–Crippen LogP) is 3.35. The minimum atomic E-state index is -0.826. The van der Waals surface area contributed by atoms with Gasteiger partial charge in [0.1, 0.15) is 0 Å². The maximum atomic E-state index is 13.6. The number of hydrogen-bond donors (Lipinski definition) is 2. The zero-order valence-corrected chi connectivity index (χ0v) is 19.3. The largest absolute Gasteiger partial charge is 0.393 e. The summed E-state index contributed by atoms with van der Waals surface area (Å²) in [6.45, 7) is 4.21. The molecule has 4 fully saturated rings. The van der Waals surface area contributed by atoms with Crippen LogP contribution >= 0.6 is 15.9 Å². The van der Waals surface area contributed by atoms with E-state index < -0.39 is 24.2 Å². The molecular weight excluding hydrogens is 434 g/mol. The molecule has 1 amide bonds. The Kier molecular flexibility index (Phi) is 7.25. The molecule has 6 heteroatoms. The lowest BCUT2D eigenvalue weighted by molar-refractivity contribution is -0.169. The number of nitrogens with zero attached hydrogens (tertiary/aromatic N) is 1. The minimum absolute atomic E-state index is 0.0407. The minimum Gasteiger partial charge on any atom is -0.393 e. The first kappa shape index (κ1) is 22.0. The van der Waals surface area contributed by atoms with Crippen molar-refractivity contribution in [2.75, 3.05) is 19.7 Å². The van der Waals surface area contributed by atoms with Gasteiger partial charge >= 0.3 is 0 Å². The number of carbonyl (C=O) groups is 1.